The van der Waals surface area contributed by atoms with Crippen molar-refractivity contribution in [3.63, 3.8) is 0 Å². The van der Waals surface area contributed by atoms with Crippen LogP contribution in [0.3, 0.4) is 0 Å². The normalized spacial score (nSPS) is 18.0. The molecule has 1 saturated heterocycles. The highest BCUT2D eigenvalue weighted by atomic mass is 35.5. The van der Waals surface area contributed by atoms with Crippen LogP contribution in [0, 0.1) is 11.6 Å². The molecule has 1 aromatic carbocycles. The van der Waals surface area contributed by atoms with Crippen LogP contribution in [0.15, 0.2) is 23.1 Å². The van der Waals surface area contributed by atoms with E-state index < -0.39 is 39.6 Å². The Labute approximate surface area is 174 Å². The molecule has 2 aliphatic heterocycles. The van der Waals surface area contributed by atoms with Crippen molar-refractivity contribution < 1.29 is 23.5 Å². The van der Waals surface area contributed by atoms with Gasteiger partial charge in [-0.2, -0.15) is 0 Å². The maximum atomic E-state index is 14.0. The summed E-state index contributed by atoms with van der Waals surface area (Å²) >= 11 is 5.53. The molecule has 1 atom stereocenters. The van der Waals surface area contributed by atoms with Gasteiger partial charge in [-0.05, 0) is 25.3 Å². The molecule has 2 amide bonds. The minimum absolute atomic E-state index is 0.0633. The standard InChI is InChI=1S/C20H18ClF2N3O4/c21-14-13(22)5-4-10(15(14)23)7-24-19(29)12-9-26-11-3-1-2-6-25(8-11)20(30)16(26)18(28)17(12)27/h4-5,9,11,28H,1-3,6-8H2,(H,24,29). The van der Waals surface area contributed by atoms with Crippen molar-refractivity contribution in [1.29, 1.82) is 0 Å². The number of halogens is 3. The van der Waals surface area contributed by atoms with E-state index in [2.05, 4.69) is 5.32 Å². The highest BCUT2D eigenvalue weighted by molar-refractivity contribution is 6.30. The minimum atomic E-state index is -1.01. The fraction of sp³-hybridized carbons (Fsp3) is 0.350. The summed E-state index contributed by atoms with van der Waals surface area (Å²) in [5.41, 5.74) is -1.53. The van der Waals surface area contributed by atoms with Crippen LogP contribution < -0.4 is 10.7 Å². The highest BCUT2D eigenvalue weighted by Crippen LogP contribution is 2.31. The van der Waals surface area contributed by atoms with E-state index in [9.17, 15) is 28.3 Å². The average molecular weight is 438 g/mol. The zero-order valence-electron chi connectivity index (χ0n) is 15.8. The first kappa shape index (κ1) is 20.3. The van der Waals surface area contributed by atoms with E-state index >= 15 is 0 Å². The van der Waals surface area contributed by atoms with Crippen LogP contribution in [-0.2, 0) is 6.54 Å². The third-order valence-corrected chi connectivity index (χ3v) is 5.89. The molecule has 4 rings (SSSR count). The molecule has 2 N–H and O–H groups in total. The Kier molecular flexibility index (Phi) is 5.23. The predicted molar refractivity (Wildman–Crippen MR) is 104 cm³/mol. The zero-order chi connectivity index (χ0) is 21.6. The second kappa shape index (κ2) is 7.71. The smallest absolute Gasteiger partial charge is 0.274 e. The van der Waals surface area contributed by atoms with Crippen LogP contribution in [-0.4, -0.2) is 39.5 Å². The third-order valence-electron chi connectivity index (χ3n) is 5.54. The number of aromatic nitrogens is 1. The van der Waals surface area contributed by atoms with Crippen LogP contribution in [0.4, 0.5) is 8.78 Å². The number of nitrogens with zero attached hydrogens (tertiary/aromatic N) is 2. The van der Waals surface area contributed by atoms with Crippen LogP contribution in [0.5, 0.6) is 5.75 Å². The number of aromatic hydroxyl groups is 1. The van der Waals surface area contributed by atoms with Gasteiger partial charge in [0.1, 0.15) is 22.2 Å². The number of hydrogen-bond acceptors (Lipinski definition) is 4. The van der Waals surface area contributed by atoms with Gasteiger partial charge in [-0.25, -0.2) is 8.78 Å². The molecule has 1 fully saturated rings. The van der Waals surface area contributed by atoms with E-state index in [-0.39, 0.29) is 29.4 Å². The van der Waals surface area contributed by atoms with E-state index in [1.807, 2.05) is 0 Å². The second-order valence-electron chi connectivity index (χ2n) is 7.39. The Hall–Kier alpha value is -2.94. The van der Waals surface area contributed by atoms with E-state index in [1.54, 1.807) is 4.90 Å². The summed E-state index contributed by atoms with van der Waals surface area (Å²) in [6.45, 7) is 0.647. The maximum absolute atomic E-state index is 14.0. The molecule has 0 aliphatic carbocycles. The highest BCUT2D eigenvalue weighted by Gasteiger charge is 2.36. The Morgan fingerprint density at radius 2 is 2.03 bits per heavy atom. The lowest BCUT2D eigenvalue weighted by Crippen LogP contribution is -2.44. The van der Waals surface area contributed by atoms with Gasteiger partial charge in [0.15, 0.2) is 11.4 Å². The number of pyridine rings is 1. The molecular weight excluding hydrogens is 420 g/mol. The molecule has 3 heterocycles. The van der Waals surface area contributed by atoms with Gasteiger partial charge in [-0.15, -0.1) is 0 Å². The molecule has 0 radical (unpaired) electrons. The van der Waals surface area contributed by atoms with Gasteiger partial charge in [0, 0.05) is 31.4 Å². The van der Waals surface area contributed by atoms with Gasteiger partial charge in [-0.3, -0.25) is 14.4 Å². The number of carbonyl (C=O) groups is 2. The van der Waals surface area contributed by atoms with E-state index in [4.69, 9.17) is 11.6 Å². The number of hydrogen-bond donors (Lipinski definition) is 2. The van der Waals surface area contributed by atoms with Crippen LogP contribution in [0.2, 0.25) is 5.02 Å². The molecule has 10 heteroatoms. The molecule has 158 valence electrons. The fourth-order valence-electron chi connectivity index (χ4n) is 3.94. The van der Waals surface area contributed by atoms with E-state index in [0.717, 1.165) is 31.4 Å². The van der Waals surface area contributed by atoms with Gasteiger partial charge in [0.2, 0.25) is 5.43 Å². The van der Waals surface area contributed by atoms with Crippen molar-refractivity contribution in [2.24, 2.45) is 0 Å². The van der Waals surface area contributed by atoms with E-state index in [0.29, 0.717) is 13.1 Å². The predicted octanol–water partition coefficient (Wildman–Crippen LogP) is 2.60. The molecular formula is C20H18ClF2N3O4. The zero-order valence-corrected chi connectivity index (χ0v) is 16.5. The summed E-state index contributed by atoms with van der Waals surface area (Å²) in [6, 6.07) is 1.94. The number of fused-ring (bicyclic) bond motifs is 4. The van der Waals surface area contributed by atoms with Gasteiger partial charge in [0.05, 0.1) is 6.04 Å². The summed E-state index contributed by atoms with van der Waals surface area (Å²) in [5.74, 6) is -4.01. The molecule has 2 aliphatic rings. The Morgan fingerprint density at radius 3 is 2.80 bits per heavy atom. The molecule has 1 aromatic heterocycles. The molecule has 2 bridgehead atoms. The van der Waals surface area contributed by atoms with Gasteiger partial charge in [0.25, 0.3) is 11.8 Å². The summed E-state index contributed by atoms with van der Waals surface area (Å²) in [5, 5.41) is 12.1. The van der Waals surface area contributed by atoms with Crippen LogP contribution >= 0.6 is 11.6 Å². The summed E-state index contributed by atoms with van der Waals surface area (Å²) in [4.78, 5) is 39.4. The second-order valence-corrected chi connectivity index (χ2v) is 7.77. The summed E-state index contributed by atoms with van der Waals surface area (Å²) < 4.78 is 28.8. The molecule has 0 spiro atoms. The molecule has 2 aromatic rings. The van der Waals surface area contributed by atoms with Gasteiger partial charge >= 0.3 is 0 Å². The molecule has 0 saturated carbocycles. The maximum Gasteiger partial charge on any atom is 0.274 e. The first-order chi connectivity index (χ1) is 14.3. The number of amides is 2. The fourth-order valence-corrected chi connectivity index (χ4v) is 4.12. The monoisotopic (exact) mass is 437 g/mol. The van der Waals surface area contributed by atoms with Crippen LogP contribution in [0.1, 0.15) is 51.7 Å². The quantitative estimate of drug-likeness (QED) is 0.722. The van der Waals surface area contributed by atoms with Crippen molar-refractivity contribution in [2.75, 3.05) is 13.1 Å². The summed E-state index contributed by atoms with van der Waals surface area (Å²) in [7, 11) is 0. The molecule has 1 unspecified atom stereocenters. The lowest BCUT2D eigenvalue weighted by atomic mass is 10.1. The van der Waals surface area contributed by atoms with Crippen molar-refractivity contribution in [3.05, 3.63) is 62.0 Å². The van der Waals surface area contributed by atoms with Crippen LogP contribution in [0.25, 0.3) is 0 Å². The SMILES string of the molecule is O=C(NCc1ccc(F)c(Cl)c1F)c1cn2c(c(O)c1=O)C(=O)N1CCCCC2C1. The van der Waals surface area contributed by atoms with Crippen molar-refractivity contribution >= 4 is 23.4 Å². The Bertz CT molecular complexity index is 1120. The Morgan fingerprint density at radius 1 is 1.27 bits per heavy atom. The number of rotatable bonds is 3. The lowest BCUT2D eigenvalue weighted by Gasteiger charge is -2.34. The van der Waals surface area contributed by atoms with Crippen molar-refractivity contribution in [2.45, 2.75) is 31.8 Å². The minimum Gasteiger partial charge on any atom is -0.503 e. The third kappa shape index (κ3) is 3.32. The molecule has 7 nitrogen and oxygen atoms in total. The number of carbonyl (C=O) groups excluding carboxylic acids is 2. The number of benzene rings is 1. The van der Waals surface area contributed by atoms with Gasteiger partial charge in [-0.1, -0.05) is 17.7 Å². The summed E-state index contributed by atoms with van der Waals surface area (Å²) in [6.07, 6.45) is 3.69. The molecule has 30 heavy (non-hydrogen) atoms. The van der Waals surface area contributed by atoms with Crippen molar-refractivity contribution in [1.82, 2.24) is 14.8 Å². The van der Waals surface area contributed by atoms with Crippen molar-refractivity contribution in [3.8, 4) is 5.75 Å². The first-order valence-corrected chi connectivity index (χ1v) is 9.85. The topological polar surface area (TPSA) is 91.6 Å². The van der Waals surface area contributed by atoms with E-state index in [1.165, 1.54) is 10.8 Å². The largest absolute Gasteiger partial charge is 0.503 e. The lowest BCUT2D eigenvalue weighted by molar-refractivity contribution is 0.0677. The van der Waals surface area contributed by atoms with Gasteiger partial charge < -0.3 is 19.9 Å². The average Bonchev–Trinajstić information content (AvgIpc) is 2.95. The Balaban J connectivity index is 1.66. The first-order valence-electron chi connectivity index (χ1n) is 9.47. The number of nitrogens with one attached hydrogen (secondary N) is 1.